The largest absolute Gasteiger partial charge is 0.494 e. The molecule has 0 aliphatic carbocycles. The van der Waals surface area contributed by atoms with Gasteiger partial charge < -0.3 is 66.0 Å². The van der Waals surface area contributed by atoms with E-state index in [1.807, 2.05) is 69.3 Å². The van der Waals surface area contributed by atoms with Crippen LogP contribution in [0.5, 0.6) is 11.5 Å². The minimum absolute atomic E-state index is 0.0119. The zero-order valence-electron chi connectivity index (χ0n) is 48.0. The van der Waals surface area contributed by atoms with Crippen molar-refractivity contribution in [3.63, 3.8) is 0 Å². The number of carbonyl (C=O) groups is 5. The van der Waals surface area contributed by atoms with Crippen LogP contribution in [-0.4, -0.2) is 138 Å². The standard InChI is InChI=1S/C59H74ClN15O8/c1-59(2)51-43(35-75(59)58(81)67-45(34-61-3)37-16-11-10-12-17-37)52(71-70-51)68-55(79)38-19-21-41(22-20-38)65-48(76)18-15-27-72(5)26-14-9-8-13-25-63-54(78)39-23-28-74(29-24-39)57-64-33-44(60)53(69-57)66-42-30-40-31-47(83-36-49(77)62-4)56(80)73(6)50(40)46(32-42)82-7/h10-12,15-22,30-33,39,45,61H,8-9,13-14,23-29,34-36H2,1-7H3,(H,62,77)(H,63,78)(H,65,76)(H,67,81)(H,64,66,69)(H2,68,70,71,79)/b18-15+/t45-/m1/s1. The number of fused-ring (bicyclic) bond motifs is 2. The lowest BCUT2D eigenvalue weighted by Crippen LogP contribution is -2.48. The molecule has 1 fully saturated rings. The third-order valence-electron chi connectivity index (χ3n) is 15.0. The molecule has 2 aliphatic heterocycles. The predicted molar refractivity (Wildman–Crippen MR) is 321 cm³/mol. The second-order valence-electron chi connectivity index (χ2n) is 21.1. The smallest absolute Gasteiger partial charge is 0.319 e. The zero-order valence-corrected chi connectivity index (χ0v) is 48.7. The van der Waals surface area contributed by atoms with Gasteiger partial charge in [-0.1, -0.05) is 60.9 Å². The minimum Gasteiger partial charge on any atom is -0.494 e. The third-order valence-corrected chi connectivity index (χ3v) is 15.2. The molecular weight excluding hydrogens is 1080 g/mol. The first-order chi connectivity index (χ1) is 40.0. The molecule has 5 heterocycles. The molecule has 23 nitrogen and oxygen atoms in total. The second kappa shape index (κ2) is 28.0. The number of aromatic amines is 1. The lowest BCUT2D eigenvalue weighted by molar-refractivity contribution is -0.125. The fourth-order valence-corrected chi connectivity index (χ4v) is 10.4. The van der Waals surface area contributed by atoms with Gasteiger partial charge in [-0.25, -0.2) is 9.78 Å². The maximum absolute atomic E-state index is 13.7. The summed E-state index contributed by atoms with van der Waals surface area (Å²) in [7, 11) is 8.45. The maximum Gasteiger partial charge on any atom is 0.319 e. The lowest BCUT2D eigenvalue weighted by Gasteiger charge is -2.33. The number of pyridine rings is 1. The molecular formula is C59H74ClN15O8. The number of hydrogen-bond acceptors (Lipinski definition) is 15. The van der Waals surface area contributed by atoms with Crippen molar-refractivity contribution in [3.05, 3.63) is 129 Å². The van der Waals surface area contributed by atoms with Crippen molar-refractivity contribution in [1.29, 1.82) is 0 Å². The first-order valence-corrected chi connectivity index (χ1v) is 28.2. The van der Waals surface area contributed by atoms with Gasteiger partial charge in [-0.15, -0.1) is 0 Å². The van der Waals surface area contributed by atoms with E-state index in [1.54, 1.807) is 54.4 Å². The molecule has 6 amide bonds. The van der Waals surface area contributed by atoms with Crippen LogP contribution in [0.2, 0.25) is 5.02 Å². The number of ether oxygens (including phenoxy) is 2. The van der Waals surface area contributed by atoms with Gasteiger partial charge in [-0.2, -0.15) is 10.1 Å². The van der Waals surface area contributed by atoms with E-state index in [0.29, 0.717) is 102 Å². The van der Waals surface area contributed by atoms with Crippen molar-refractivity contribution in [1.82, 2.24) is 55.8 Å². The van der Waals surface area contributed by atoms with Crippen LogP contribution in [0.3, 0.4) is 0 Å². The number of amides is 6. The summed E-state index contributed by atoms with van der Waals surface area (Å²) >= 11 is 6.58. The fraction of sp³-hybridized carbons (Fsp3) is 0.407. The summed E-state index contributed by atoms with van der Waals surface area (Å²) in [6.07, 6.45) is 9.99. The predicted octanol–water partition coefficient (Wildman–Crippen LogP) is 6.58. The number of nitrogens with zero attached hydrogens (tertiary/aromatic N) is 7. The molecule has 0 unspecified atom stereocenters. The number of rotatable bonds is 25. The average Bonchev–Trinajstić information content (AvgIpc) is 4.03. The van der Waals surface area contributed by atoms with Crippen LogP contribution >= 0.6 is 11.6 Å². The highest BCUT2D eigenvalue weighted by molar-refractivity contribution is 6.33. The Hall–Kier alpha value is -8.54. The Labute approximate surface area is 487 Å². The molecule has 2 aliphatic rings. The van der Waals surface area contributed by atoms with Crippen molar-refractivity contribution in [2.45, 2.75) is 70.5 Å². The third kappa shape index (κ3) is 15.1. The highest BCUT2D eigenvalue weighted by Gasteiger charge is 2.44. The van der Waals surface area contributed by atoms with Crippen LogP contribution in [0.15, 0.2) is 95.9 Å². The molecule has 0 saturated carbocycles. The normalized spacial score (nSPS) is 14.3. The lowest BCUT2D eigenvalue weighted by atomic mass is 9.96. The fourth-order valence-electron chi connectivity index (χ4n) is 10.2. The minimum atomic E-state index is -0.713. The molecule has 1 atom stereocenters. The molecule has 0 spiro atoms. The van der Waals surface area contributed by atoms with E-state index < -0.39 is 11.1 Å². The van der Waals surface area contributed by atoms with E-state index in [1.165, 1.54) is 31.0 Å². The van der Waals surface area contributed by atoms with Crippen LogP contribution < -0.4 is 57.2 Å². The van der Waals surface area contributed by atoms with E-state index in [9.17, 15) is 28.8 Å². The summed E-state index contributed by atoms with van der Waals surface area (Å²) < 4.78 is 12.6. The van der Waals surface area contributed by atoms with E-state index in [2.05, 4.69) is 57.3 Å². The van der Waals surface area contributed by atoms with Gasteiger partial charge in [0.15, 0.2) is 24.0 Å². The van der Waals surface area contributed by atoms with Gasteiger partial charge in [0, 0.05) is 92.8 Å². The molecule has 440 valence electrons. The summed E-state index contributed by atoms with van der Waals surface area (Å²) in [5.74, 6) is 0.537. The second-order valence-corrected chi connectivity index (χ2v) is 21.5. The molecule has 1 saturated heterocycles. The van der Waals surface area contributed by atoms with E-state index in [-0.39, 0.29) is 60.5 Å². The number of methoxy groups -OCH3 is 1. The molecule has 8 N–H and O–H groups in total. The van der Waals surface area contributed by atoms with Crippen molar-refractivity contribution >= 4 is 81.1 Å². The number of halogens is 1. The number of nitrogens with one attached hydrogen (secondary N) is 8. The van der Waals surface area contributed by atoms with Gasteiger partial charge >= 0.3 is 6.03 Å². The zero-order chi connectivity index (χ0) is 59.2. The Bertz CT molecular complexity index is 3360. The van der Waals surface area contributed by atoms with Gasteiger partial charge in [0.2, 0.25) is 17.8 Å². The Kier molecular flexibility index (Phi) is 20.4. The molecule has 0 bridgehead atoms. The van der Waals surface area contributed by atoms with Crippen LogP contribution in [0.25, 0.3) is 10.9 Å². The Morgan fingerprint density at radius 1 is 0.928 bits per heavy atom. The number of urea groups is 1. The number of piperidine rings is 1. The molecule has 3 aromatic heterocycles. The number of anilines is 5. The average molecular weight is 1160 g/mol. The van der Waals surface area contributed by atoms with Crippen LogP contribution in [-0.2, 0) is 33.5 Å². The van der Waals surface area contributed by atoms with Crippen molar-refractivity contribution < 1.29 is 33.4 Å². The summed E-state index contributed by atoms with van der Waals surface area (Å²) in [5, 5.41) is 29.3. The van der Waals surface area contributed by atoms with Crippen LogP contribution in [0.4, 0.5) is 33.8 Å². The quantitative estimate of drug-likeness (QED) is 0.0222. The van der Waals surface area contributed by atoms with Crippen LogP contribution in [0.1, 0.15) is 85.6 Å². The molecule has 83 heavy (non-hydrogen) atoms. The number of unbranched alkanes of at least 4 members (excludes halogenated alkanes) is 3. The summed E-state index contributed by atoms with van der Waals surface area (Å²) in [4.78, 5) is 92.9. The number of aromatic nitrogens is 5. The summed E-state index contributed by atoms with van der Waals surface area (Å²) in [5.41, 5.74) is 3.37. The molecule has 24 heteroatoms. The molecule has 3 aromatic carbocycles. The number of H-pyrrole nitrogens is 1. The summed E-state index contributed by atoms with van der Waals surface area (Å²) in [6.45, 7) is 7.61. The molecule has 6 aromatic rings. The van der Waals surface area contributed by atoms with Crippen LogP contribution in [0, 0.1) is 5.92 Å². The van der Waals surface area contributed by atoms with E-state index in [4.69, 9.17) is 26.1 Å². The van der Waals surface area contributed by atoms with Gasteiger partial charge in [-0.05, 0) is 102 Å². The SMILES string of the molecule is CNC[C@@H](NC(=O)N1Cc2c(NC(=O)c3ccc(NC(=O)/C=C/CN(C)CCCCCCNC(=O)C4CCN(c5ncc(Cl)c(Nc6cc(OC)c7c(c6)cc(OCC(=O)NC)c(=O)n7C)n5)CC4)cc3)n[nH]c2C1(C)C)c1ccccc1. The van der Waals surface area contributed by atoms with Crippen molar-refractivity contribution in [3.8, 4) is 11.5 Å². The first-order valence-electron chi connectivity index (χ1n) is 27.8. The van der Waals surface area contributed by atoms with Gasteiger partial charge in [0.25, 0.3) is 17.4 Å². The highest BCUT2D eigenvalue weighted by Crippen LogP contribution is 2.41. The van der Waals surface area contributed by atoms with Crippen molar-refractivity contribution in [2.24, 2.45) is 13.0 Å². The molecule has 0 radical (unpaired) electrons. The topological polar surface area (TPSA) is 274 Å². The maximum atomic E-state index is 13.7. The number of likely N-dealkylation sites (N-methyl/N-ethyl adjacent to an activating group) is 3. The first kappa shape index (κ1) is 60.6. The number of carbonyl (C=O) groups excluding carboxylic acids is 5. The Morgan fingerprint density at radius 3 is 2.40 bits per heavy atom. The van der Waals surface area contributed by atoms with Gasteiger partial charge in [-0.3, -0.25) is 29.1 Å². The van der Waals surface area contributed by atoms with E-state index in [0.717, 1.165) is 49.0 Å². The van der Waals surface area contributed by atoms with Gasteiger partial charge in [0.05, 0.1) is 42.6 Å². The van der Waals surface area contributed by atoms with Crippen molar-refractivity contribution in [2.75, 3.05) is 95.0 Å². The monoisotopic (exact) mass is 1160 g/mol. The highest BCUT2D eigenvalue weighted by atomic mass is 35.5. The van der Waals surface area contributed by atoms with E-state index >= 15 is 0 Å². The summed E-state index contributed by atoms with van der Waals surface area (Å²) in [6, 6.07) is 21.0. The number of hydrogen-bond donors (Lipinski definition) is 8. The Balaban J connectivity index is 0.698. The number of aryl methyl sites for hydroxylation is 1. The number of benzene rings is 3. The molecule has 8 rings (SSSR count). The van der Waals surface area contributed by atoms with Gasteiger partial charge in [0.1, 0.15) is 10.8 Å². The Morgan fingerprint density at radius 2 is 1.67 bits per heavy atom.